The van der Waals surface area contributed by atoms with Crippen molar-refractivity contribution >= 4 is 34.5 Å². The summed E-state index contributed by atoms with van der Waals surface area (Å²) in [6, 6.07) is 11.1. The summed E-state index contributed by atoms with van der Waals surface area (Å²) in [6.07, 6.45) is 0. The van der Waals surface area contributed by atoms with Crippen LogP contribution in [-0.4, -0.2) is 19.2 Å². The van der Waals surface area contributed by atoms with Crippen LogP contribution in [0.1, 0.15) is 5.56 Å². The van der Waals surface area contributed by atoms with Gasteiger partial charge in [0.1, 0.15) is 17.0 Å². The second kappa shape index (κ2) is 6.50. The molecule has 0 unspecified atom stereocenters. The Hall–Kier alpha value is -1.85. The molecular weight excluding hydrogens is 322 g/mol. The minimum Gasteiger partial charge on any atom is -0.497 e. The number of nitrogens with zero attached hydrogens (tertiary/aromatic N) is 1. The number of hydrogen-bond acceptors (Lipinski definition) is 5. The van der Waals surface area contributed by atoms with E-state index in [0.717, 1.165) is 28.2 Å². The molecule has 0 radical (unpaired) electrons. The van der Waals surface area contributed by atoms with E-state index >= 15 is 0 Å². The normalized spacial score (nSPS) is 10.9. The lowest BCUT2D eigenvalue weighted by molar-refractivity contribution is 0.400. The van der Waals surface area contributed by atoms with Crippen LogP contribution in [0.25, 0.3) is 11.1 Å². The SMILES string of the molecule is COc1ccc(OC)c(CSc2nc3cc(Cl)ccc3o2)c1. The molecular formula is C16H14ClNO3S. The minimum atomic E-state index is 0.599. The molecule has 0 aliphatic heterocycles. The third-order valence-corrected chi connectivity index (χ3v) is 4.28. The Kier molecular flexibility index (Phi) is 4.45. The number of thioether (sulfide) groups is 1. The molecule has 2 aromatic carbocycles. The summed E-state index contributed by atoms with van der Waals surface area (Å²) in [5.74, 6) is 2.27. The standard InChI is InChI=1S/C16H14ClNO3S/c1-19-12-4-6-14(20-2)10(7-12)9-22-16-18-13-8-11(17)3-5-15(13)21-16/h3-8H,9H2,1-2H3. The van der Waals surface area contributed by atoms with Crippen molar-refractivity contribution in [3.8, 4) is 11.5 Å². The van der Waals surface area contributed by atoms with Crippen LogP contribution in [0.2, 0.25) is 5.02 Å². The molecule has 22 heavy (non-hydrogen) atoms. The van der Waals surface area contributed by atoms with Gasteiger partial charge in [-0.2, -0.15) is 0 Å². The van der Waals surface area contributed by atoms with E-state index in [1.54, 1.807) is 26.4 Å². The van der Waals surface area contributed by atoms with Crippen molar-refractivity contribution in [2.75, 3.05) is 14.2 Å². The highest BCUT2D eigenvalue weighted by molar-refractivity contribution is 7.98. The van der Waals surface area contributed by atoms with Crippen molar-refractivity contribution in [3.63, 3.8) is 0 Å². The van der Waals surface area contributed by atoms with E-state index < -0.39 is 0 Å². The maximum absolute atomic E-state index is 5.95. The van der Waals surface area contributed by atoms with Gasteiger partial charge in [0.05, 0.1) is 14.2 Å². The molecule has 0 saturated carbocycles. The van der Waals surface area contributed by atoms with Crippen LogP contribution in [0.3, 0.4) is 0 Å². The highest BCUT2D eigenvalue weighted by atomic mass is 35.5. The van der Waals surface area contributed by atoms with Crippen molar-refractivity contribution in [1.82, 2.24) is 4.98 Å². The Morgan fingerprint density at radius 2 is 2.00 bits per heavy atom. The number of ether oxygens (including phenoxy) is 2. The van der Waals surface area contributed by atoms with E-state index in [1.165, 1.54) is 11.8 Å². The summed E-state index contributed by atoms with van der Waals surface area (Å²) in [7, 11) is 3.29. The lowest BCUT2D eigenvalue weighted by Crippen LogP contribution is -1.92. The smallest absolute Gasteiger partial charge is 0.257 e. The van der Waals surface area contributed by atoms with E-state index in [4.69, 9.17) is 25.5 Å². The van der Waals surface area contributed by atoms with Gasteiger partial charge in [0.2, 0.25) is 0 Å². The number of fused-ring (bicyclic) bond motifs is 1. The van der Waals surface area contributed by atoms with Crippen LogP contribution < -0.4 is 9.47 Å². The molecule has 0 N–H and O–H groups in total. The van der Waals surface area contributed by atoms with Gasteiger partial charge in [0, 0.05) is 16.3 Å². The number of methoxy groups -OCH3 is 2. The van der Waals surface area contributed by atoms with Crippen LogP contribution in [0, 0.1) is 0 Å². The second-order valence-electron chi connectivity index (χ2n) is 4.56. The molecule has 0 spiro atoms. The molecule has 1 aromatic heterocycles. The topological polar surface area (TPSA) is 44.5 Å². The monoisotopic (exact) mass is 335 g/mol. The minimum absolute atomic E-state index is 0.599. The Bertz CT molecular complexity index is 803. The highest BCUT2D eigenvalue weighted by Crippen LogP contribution is 2.32. The van der Waals surface area contributed by atoms with E-state index in [1.807, 2.05) is 24.3 Å². The summed E-state index contributed by atoms with van der Waals surface area (Å²) in [5.41, 5.74) is 2.50. The highest BCUT2D eigenvalue weighted by Gasteiger charge is 2.10. The summed E-state index contributed by atoms with van der Waals surface area (Å²) in [5, 5.41) is 1.24. The van der Waals surface area contributed by atoms with Crippen LogP contribution in [0.4, 0.5) is 0 Å². The van der Waals surface area contributed by atoms with Crippen molar-refractivity contribution in [3.05, 3.63) is 47.0 Å². The van der Waals surface area contributed by atoms with Crippen LogP contribution >= 0.6 is 23.4 Å². The number of aromatic nitrogens is 1. The zero-order chi connectivity index (χ0) is 15.5. The Morgan fingerprint density at radius 1 is 1.14 bits per heavy atom. The lowest BCUT2D eigenvalue weighted by Gasteiger charge is -2.09. The maximum Gasteiger partial charge on any atom is 0.257 e. The van der Waals surface area contributed by atoms with Crippen LogP contribution in [-0.2, 0) is 5.75 Å². The molecule has 0 amide bonds. The molecule has 0 bridgehead atoms. The van der Waals surface area contributed by atoms with Gasteiger partial charge in [-0.15, -0.1) is 0 Å². The first-order valence-corrected chi connectivity index (χ1v) is 7.96. The van der Waals surface area contributed by atoms with Gasteiger partial charge in [-0.1, -0.05) is 23.4 Å². The summed E-state index contributed by atoms with van der Waals surface area (Å²) < 4.78 is 16.3. The fourth-order valence-electron chi connectivity index (χ4n) is 2.08. The van der Waals surface area contributed by atoms with Crippen molar-refractivity contribution in [2.24, 2.45) is 0 Å². The molecule has 0 atom stereocenters. The molecule has 3 rings (SSSR count). The van der Waals surface area contributed by atoms with E-state index in [9.17, 15) is 0 Å². The lowest BCUT2D eigenvalue weighted by atomic mass is 10.2. The zero-order valence-corrected chi connectivity index (χ0v) is 13.7. The second-order valence-corrected chi connectivity index (χ2v) is 5.92. The predicted molar refractivity (Wildman–Crippen MR) is 88.1 cm³/mol. The quantitative estimate of drug-likeness (QED) is 0.627. The molecule has 4 nitrogen and oxygen atoms in total. The van der Waals surface area contributed by atoms with Crippen molar-refractivity contribution in [1.29, 1.82) is 0 Å². The summed E-state index contributed by atoms with van der Waals surface area (Å²) in [4.78, 5) is 4.43. The Balaban J connectivity index is 1.81. The third-order valence-electron chi connectivity index (χ3n) is 3.17. The predicted octanol–water partition coefficient (Wildman–Crippen LogP) is 4.79. The maximum atomic E-state index is 5.95. The summed E-state index contributed by atoms with van der Waals surface area (Å²) >= 11 is 7.45. The molecule has 0 fully saturated rings. The van der Waals surface area contributed by atoms with Crippen LogP contribution in [0.5, 0.6) is 11.5 Å². The fraction of sp³-hybridized carbons (Fsp3) is 0.188. The number of rotatable bonds is 5. The van der Waals surface area contributed by atoms with Gasteiger partial charge < -0.3 is 13.9 Å². The molecule has 0 saturated heterocycles. The van der Waals surface area contributed by atoms with Gasteiger partial charge in [0.15, 0.2) is 5.58 Å². The van der Waals surface area contributed by atoms with Gasteiger partial charge in [-0.3, -0.25) is 0 Å². The molecule has 6 heteroatoms. The third kappa shape index (κ3) is 3.15. The molecule has 1 heterocycles. The summed E-state index contributed by atoms with van der Waals surface area (Å²) in [6.45, 7) is 0. The van der Waals surface area contributed by atoms with Gasteiger partial charge in [-0.05, 0) is 36.4 Å². The first kappa shape index (κ1) is 15.1. The average Bonchev–Trinajstić information content (AvgIpc) is 2.94. The Morgan fingerprint density at radius 3 is 2.77 bits per heavy atom. The van der Waals surface area contributed by atoms with Crippen molar-refractivity contribution < 1.29 is 13.9 Å². The van der Waals surface area contributed by atoms with Crippen molar-refractivity contribution in [2.45, 2.75) is 11.0 Å². The molecule has 3 aromatic rings. The zero-order valence-electron chi connectivity index (χ0n) is 12.1. The Labute approximate surface area is 137 Å². The van der Waals surface area contributed by atoms with E-state index in [2.05, 4.69) is 4.98 Å². The molecule has 0 aliphatic carbocycles. The largest absolute Gasteiger partial charge is 0.497 e. The first-order valence-electron chi connectivity index (χ1n) is 6.59. The number of halogens is 1. The molecule has 0 aliphatic rings. The van der Waals surface area contributed by atoms with Gasteiger partial charge >= 0.3 is 0 Å². The van der Waals surface area contributed by atoms with E-state index in [0.29, 0.717) is 16.0 Å². The number of benzene rings is 2. The van der Waals surface area contributed by atoms with Crippen LogP contribution in [0.15, 0.2) is 46.0 Å². The fourth-order valence-corrected chi connectivity index (χ4v) is 3.06. The average molecular weight is 336 g/mol. The number of oxazole rings is 1. The van der Waals surface area contributed by atoms with Gasteiger partial charge in [-0.25, -0.2) is 4.98 Å². The molecule has 114 valence electrons. The number of hydrogen-bond donors (Lipinski definition) is 0. The van der Waals surface area contributed by atoms with E-state index in [-0.39, 0.29) is 0 Å². The first-order chi connectivity index (χ1) is 10.7. The van der Waals surface area contributed by atoms with Gasteiger partial charge in [0.25, 0.3) is 5.22 Å².